The summed E-state index contributed by atoms with van der Waals surface area (Å²) in [6.07, 6.45) is 1.90. The first kappa shape index (κ1) is 19.4. The maximum Gasteiger partial charge on any atom is 0.308 e. The highest BCUT2D eigenvalue weighted by atomic mass is 32.2. The van der Waals surface area contributed by atoms with Crippen molar-refractivity contribution in [1.29, 1.82) is 0 Å². The Hall–Kier alpha value is -1.93. The van der Waals surface area contributed by atoms with E-state index < -0.39 is 28.0 Å². The van der Waals surface area contributed by atoms with Crippen LogP contribution in [-0.2, 0) is 19.6 Å². The van der Waals surface area contributed by atoms with Crippen LogP contribution in [0.5, 0.6) is 0 Å². The van der Waals surface area contributed by atoms with Crippen molar-refractivity contribution in [1.82, 2.24) is 9.21 Å². The summed E-state index contributed by atoms with van der Waals surface area (Å²) in [6.45, 7) is 1.85. The Labute approximate surface area is 148 Å². The van der Waals surface area contributed by atoms with Crippen molar-refractivity contribution in [3.63, 3.8) is 0 Å². The third-order valence-corrected chi connectivity index (χ3v) is 6.36. The summed E-state index contributed by atoms with van der Waals surface area (Å²) in [5, 5.41) is 9.01. The molecule has 25 heavy (non-hydrogen) atoms. The van der Waals surface area contributed by atoms with Gasteiger partial charge in [-0.15, -0.1) is 0 Å². The van der Waals surface area contributed by atoms with E-state index >= 15 is 0 Å². The number of benzene rings is 1. The molecule has 0 bridgehead atoms. The molecule has 1 amide bonds. The number of hydrogen-bond donors (Lipinski definition) is 1. The number of sulfonamides is 1. The fourth-order valence-electron chi connectivity index (χ4n) is 3.00. The Kier molecular flexibility index (Phi) is 6.18. The summed E-state index contributed by atoms with van der Waals surface area (Å²) in [6, 6.07) is 7.27. The number of carbonyl (C=O) groups is 2. The highest BCUT2D eigenvalue weighted by Gasteiger charge is 2.39. The predicted molar refractivity (Wildman–Crippen MR) is 92.4 cm³/mol. The second-order valence-electron chi connectivity index (χ2n) is 6.40. The van der Waals surface area contributed by atoms with E-state index in [1.807, 2.05) is 0 Å². The van der Waals surface area contributed by atoms with Crippen LogP contribution in [0.4, 0.5) is 0 Å². The smallest absolute Gasteiger partial charge is 0.308 e. The number of hydrogen-bond acceptors (Lipinski definition) is 4. The number of amides is 1. The molecular weight excluding hydrogens is 344 g/mol. The third-order valence-electron chi connectivity index (χ3n) is 4.43. The van der Waals surface area contributed by atoms with E-state index in [0.29, 0.717) is 12.8 Å². The van der Waals surface area contributed by atoms with Crippen molar-refractivity contribution in [3.8, 4) is 0 Å². The molecule has 0 radical (unpaired) electrons. The maximum absolute atomic E-state index is 12.9. The number of aliphatic carboxylic acids is 1. The van der Waals surface area contributed by atoms with E-state index in [1.54, 1.807) is 18.2 Å². The summed E-state index contributed by atoms with van der Waals surface area (Å²) < 4.78 is 27.1. The summed E-state index contributed by atoms with van der Waals surface area (Å²) in [5.41, 5.74) is 0. The lowest BCUT2D eigenvalue weighted by molar-refractivity contribution is -0.143. The van der Waals surface area contributed by atoms with E-state index in [4.69, 9.17) is 5.11 Å². The van der Waals surface area contributed by atoms with E-state index in [9.17, 15) is 18.0 Å². The minimum atomic E-state index is -3.77. The monoisotopic (exact) mass is 368 g/mol. The van der Waals surface area contributed by atoms with Crippen molar-refractivity contribution in [3.05, 3.63) is 30.3 Å². The highest BCUT2D eigenvalue weighted by molar-refractivity contribution is 7.89. The van der Waals surface area contributed by atoms with Crippen molar-refractivity contribution < 1.29 is 23.1 Å². The molecule has 2 atom stereocenters. The zero-order chi connectivity index (χ0) is 18.6. The average molecular weight is 368 g/mol. The van der Waals surface area contributed by atoms with Gasteiger partial charge in [-0.25, -0.2) is 8.42 Å². The van der Waals surface area contributed by atoms with Crippen molar-refractivity contribution in [2.75, 3.05) is 20.1 Å². The molecule has 1 aliphatic heterocycles. The summed E-state index contributed by atoms with van der Waals surface area (Å²) in [5.74, 6) is -2.05. The Balaban J connectivity index is 2.23. The third kappa shape index (κ3) is 4.38. The van der Waals surface area contributed by atoms with Gasteiger partial charge in [0.15, 0.2) is 0 Å². The molecule has 1 aromatic rings. The topological polar surface area (TPSA) is 95.0 Å². The van der Waals surface area contributed by atoms with E-state index in [0.717, 1.165) is 6.42 Å². The minimum Gasteiger partial charge on any atom is -0.481 e. The molecular formula is C17H24N2O5S. The number of nitrogens with zero attached hydrogens (tertiary/aromatic N) is 2. The predicted octanol–water partition coefficient (Wildman–Crippen LogP) is 1.41. The zero-order valence-corrected chi connectivity index (χ0v) is 15.3. The lowest BCUT2D eigenvalue weighted by Crippen LogP contribution is -2.52. The van der Waals surface area contributed by atoms with Gasteiger partial charge in [-0.05, 0) is 25.0 Å². The van der Waals surface area contributed by atoms with Crippen LogP contribution in [-0.4, -0.2) is 60.8 Å². The SMILES string of the molecule is CC(CN(C)C(=O)C1CCCCN1S(=O)(=O)c1ccccc1)C(=O)O. The molecule has 138 valence electrons. The number of carboxylic acid groups (broad SMARTS) is 1. The van der Waals surface area contributed by atoms with Gasteiger partial charge in [0.1, 0.15) is 6.04 Å². The molecule has 1 heterocycles. The average Bonchev–Trinajstić information content (AvgIpc) is 2.61. The Bertz CT molecular complexity index is 720. The summed E-state index contributed by atoms with van der Waals surface area (Å²) in [7, 11) is -2.25. The molecule has 0 spiro atoms. The fraction of sp³-hybridized carbons (Fsp3) is 0.529. The molecule has 7 nitrogen and oxygen atoms in total. The van der Waals surface area contributed by atoms with Crippen molar-refractivity contribution in [2.24, 2.45) is 5.92 Å². The molecule has 1 saturated heterocycles. The first-order chi connectivity index (χ1) is 11.7. The molecule has 2 rings (SSSR count). The first-order valence-electron chi connectivity index (χ1n) is 8.30. The summed E-state index contributed by atoms with van der Waals surface area (Å²) >= 11 is 0. The first-order valence-corrected chi connectivity index (χ1v) is 9.74. The van der Waals surface area contributed by atoms with E-state index in [-0.39, 0.29) is 23.9 Å². The standard InChI is InChI=1S/C17H24N2O5S/c1-13(17(21)22)12-18(2)16(20)15-10-6-7-11-19(15)25(23,24)14-8-4-3-5-9-14/h3-5,8-9,13,15H,6-7,10-12H2,1-2H3,(H,21,22). The van der Waals surface area contributed by atoms with Crippen LogP contribution in [0.1, 0.15) is 26.2 Å². The van der Waals surface area contributed by atoms with Gasteiger partial charge >= 0.3 is 5.97 Å². The Morgan fingerprint density at radius 2 is 1.92 bits per heavy atom. The molecule has 1 N–H and O–H groups in total. The molecule has 0 saturated carbocycles. The Morgan fingerprint density at radius 3 is 2.52 bits per heavy atom. The number of carboxylic acids is 1. The second-order valence-corrected chi connectivity index (χ2v) is 8.29. The van der Waals surface area contributed by atoms with Crippen molar-refractivity contribution in [2.45, 2.75) is 37.1 Å². The summed E-state index contributed by atoms with van der Waals surface area (Å²) in [4.78, 5) is 25.3. The van der Waals surface area contributed by atoms with Gasteiger partial charge in [-0.3, -0.25) is 9.59 Å². The van der Waals surface area contributed by atoms with Gasteiger partial charge in [0.25, 0.3) is 0 Å². The van der Waals surface area contributed by atoms with E-state index in [2.05, 4.69) is 0 Å². The van der Waals surface area contributed by atoms with Crippen LogP contribution < -0.4 is 0 Å². The van der Waals surface area contributed by atoms with Gasteiger partial charge in [-0.2, -0.15) is 4.31 Å². The quantitative estimate of drug-likeness (QED) is 0.819. The minimum absolute atomic E-state index is 0.0455. The van der Waals surface area contributed by atoms with Gasteiger partial charge in [0, 0.05) is 20.1 Å². The zero-order valence-electron chi connectivity index (χ0n) is 14.5. The van der Waals surface area contributed by atoms with Crippen LogP contribution >= 0.6 is 0 Å². The van der Waals surface area contributed by atoms with Gasteiger partial charge in [0.2, 0.25) is 15.9 Å². The fourth-order valence-corrected chi connectivity index (χ4v) is 4.67. The van der Waals surface area contributed by atoms with Gasteiger partial charge in [0.05, 0.1) is 10.8 Å². The molecule has 1 fully saturated rings. The lowest BCUT2D eigenvalue weighted by atomic mass is 10.0. The van der Waals surface area contributed by atoms with Crippen LogP contribution in [0.3, 0.4) is 0 Å². The lowest BCUT2D eigenvalue weighted by Gasteiger charge is -2.36. The number of likely N-dealkylation sites (N-methyl/N-ethyl adjacent to an activating group) is 1. The normalized spacial score (nSPS) is 20.0. The maximum atomic E-state index is 12.9. The molecule has 1 aliphatic rings. The second kappa shape index (κ2) is 7.97. The van der Waals surface area contributed by atoms with Crippen molar-refractivity contribution >= 4 is 21.9 Å². The largest absolute Gasteiger partial charge is 0.481 e. The molecule has 0 aliphatic carbocycles. The molecule has 2 unspecified atom stereocenters. The molecule has 0 aromatic heterocycles. The number of carbonyl (C=O) groups excluding carboxylic acids is 1. The Morgan fingerprint density at radius 1 is 1.28 bits per heavy atom. The van der Waals surface area contributed by atoms with Crippen LogP contribution in [0, 0.1) is 5.92 Å². The van der Waals surface area contributed by atoms with Crippen LogP contribution in [0.15, 0.2) is 35.2 Å². The van der Waals surface area contributed by atoms with Gasteiger partial charge < -0.3 is 10.0 Å². The van der Waals surface area contributed by atoms with E-state index in [1.165, 1.54) is 35.3 Å². The van der Waals surface area contributed by atoms with Crippen LogP contribution in [0.2, 0.25) is 0 Å². The molecule has 8 heteroatoms. The highest BCUT2D eigenvalue weighted by Crippen LogP contribution is 2.26. The molecule has 1 aromatic carbocycles. The van der Waals surface area contributed by atoms with Gasteiger partial charge in [-0.1, -0.05) is 31.5 Å². The number of rotatable bonds is 6. The number of piperidine rings is 1. The van der Waals surface area contributed by atoms with Crippen LogP contribution in [0.25, 0.3) is 0 Å².